The van der Waals surface area contributed by atoms with Crippen molar-refractivity contribution in [3.05, 3.63) is 148 Å². The van der Waals surface area contributed by atoms with Gasteiger partial charge in [-0.25, -0.2) is 9.59 Å². The number of epoxide rings is 1. The number of esters is 1. The van der Waals surface area contributed by atoms with Crippen LogP contribution < -0.4 is 57.9 Å². The van der Waals surface area contributed by atoms with E-state index in [4.69, 9.17) is 55.2 Å². The first-order valence-corrected chi connectivity index (χ1v) is 47.4. The first-order chi connectivity index (χ1) is 63.1. The van der Waals surface area contributed by atoms with E-state index < -0.39 is 149 Å². The molecule has 0 spiro atoms. The lowest BCUT2D eigenvalue weighted by Crippen LogP contribution is -2.63. The number of nitrogens with one attached hydrogen (secondary N) is 9. The Labute approximate surface area is 782 Å². The number of allylic oxidation sites excluding steroid dienone is 3. The number of likely N-dealkylation sites (N-methyl/N-ethyl adjacent to an activating group) is 2. The number of nitrogens with two attached hydrogens (primary N) is 1. The zero-order chi connectivity index (χ0) is 95.8. The number of aliphatic hydroxyl groups is 2. The summed E-state index contributed by atoms with van der Waals surface area (Å²) in [5, 5.41) is 56.2. The van der Waals surface area contributed by atoms with Crippen LogP contribution in [0.4, 0.5) is 10.5 Å². The lowest BCUT2D eigenvalue weighted by molar-refractivity contribution is -0.162. The maximum Gasteiger partial charge on any atom is 0.409 e. The van der Waals surface area contributed by atoms with Crippen molar-refractivity contribution >= 4 is 121 Å². The third-order valence-electron chi connectivity index (χ3n) is 23.8. The zero-order valence-electron chi connectivity index (χ0n) is 76.5. The Morgan fingerprint density at radius 2 is 1.32 bits per heavy atom. The van der Waals surface area contributed by atoms with E-state index in [-0.39, 0.29) is 126 Å². The summed E-state index contributed by atoms with van der Waals surface area (Å²) < 4.78 is 46.7. The Morgan fingerprint density at radius 3 is 1.98 bits per heavy atom. The number of ether oxygens (including phenoxy) is 8. The molecule has 15 atom stereocenters. The Morgan fingerprint density at radius 1 is 0.720 bits per heavy atom. The molecule has 4 aliphatic heterocycles. The number of aliphatic hydroxyl groups excluding tert-OH is 1. The minimum Gasteiger partial charge on any atom is -0.508 e. The number of aromatic amines is 1. The van der Waals surface area contributed by atoms with E-state index in [0.717, 1.165) is 26.9 Å². The van der Waals surface area contributed by atoms with Crippen molar-refractivity contribution in [2.24, 2.45) is 11.7 Å². The minimum absolute atomic E-state index is 0.0345. The number of carbonyl (C=O) groups excluding carboxylic acids is 12. The number of amides is 11. The Kier molecular flexibility index (Phi) is 41.3. The van der Waals surface area contributed by atoms with Gasteiger partial charge in [0.25, 0.3) is 0 Å². The van der Waals surface area contributed by atoms with Crippen LogP contribution in [0.25, 0.3) is 10.9 Å². The largest absolute Gasteiger partial charge is 0.508 e. The molecule has 4 aromatic carbocycles. The number of phenols is 1. The van der Waals surface area contributed by atoms with Crippen LogP contribution in [0.5, 0.6) is 11.5 Å². The van der Waals surface area contributed by atoms with E-state index >= 15 is 14.4 Å². The van der Waals surface area contributed by atoms with Crippen LogP contribution in [-0.2, 0) is 112 Å². The molecule has 0 aliphatic carbocycles. The van der Waals surface area contributed by atoms with Gasteiger partial charge < -0.3 is 116 Å². The van der Waals surface area contributed by atoms with Gasteiger partial charge in [0.1, 0.15) is 82.7 Å². The molecule has 14 N–H and O–H groups in total. The predicted octanol–water partition coefficient (Wildman–Crippen LogP) is 5.21. The number of H-pyrrole nitrogens is 1. The molecular weight excluding hydrogens is 1770 g/mol. The number of hydrogen-bond donors (Lipinski definition) is 13. The summed E-state index contributed by atoms with van der Waals surface area (Å²) in [5.74, 6) is -6.88. The van der Waals surface area contributed by atoms with Gasteiger partial charge in [-0.3, -0.25) is 53.3 Å². The van der Waals surface area contributed by atoms with Crippen LogP contribution in [0.1, 0.15) is 128 Å². The molecule has 11 amide bonds. The number of alkyl carbamates (subject to hydrolysis) is 1. The predicted molar refractivity (Wildman–Crippen MR) is 497 cm³/mol. The number of para-hydroxylation sites is 1. The van der Waals surface area contributed by atoms with Gasteiger partial charge in [0.05, 0.1) is 57.9 Å². The summed E-state index contributed by atoms with van der Waals surface area (Å²) in [6.45, 7) is 10.6. The number of benzene rings is 4. The second-order valence-electron chi connectivity index (χ2n) is 33.7. The Balaban J connectivity index is 0.688. The average Bonchev–Trinajstić information content (AvgIpc) is 1.57. The molecule has 722 valence electrons. The maximum atomic E-state index is 15.1. The van der Waals surface area contributed by atoms with E-state index in [0.29, 0.717) is 91.5 Å². The van der Waals surface area contributed by atoms with Gasteiger partial charge in [-0.1, -0.05) is 125 Å². The second kappa shape index (κ2) is 51.7. The summed E-state index contributed by atoms with van der Waals surface area (Å²) in [5.41, 5.74) is 7.07. The highest BCUT2D eigenvalue weighted by Crippen LogP contribution is 2.49. The van der Waals surface area contributed by atoms with Crippen LogP contribution in [0.15, 0.2) is 121 Å². The lowest BCUT2D eigenvalue weighted by Gasteiger charge is -2.42. The number of halogens is 1. The fourth-order valence-corrected chi connectivity index (χ4v) is 18.1. The number of phenolic OH excluding ortho intramolecular Hbond substituents is 1. The van der Waals surface area contributed by atoms with Crippen molar-refractivity contribution in [1.82, 2.24) is 57.3 Å². The summed E-state index contributed by atoms with van der Waals surface area (Å²) in [4.78, 5) is 178. The van der Waals surface area contributed by atoms with E-state index in [2.05, 4.69) is 47.5 Å². The van der Waals surface area contributed by atoms with E-state index in [1.54, 1.807) is 93.8 Å². The quantitative estimate of drug-likeness (QED) is 0.0104. The number of aromatic nitrogens is 1. The third kappa shape index (κ3) is 30.8. The minimum atomic E-state index is -1.89. The van der Waals surface area contributed by atoms with E-state index in [1.807, 2.05) is 37.3 Å². The topological polar surface area (TPSA) is 490 Å². The van der Waals surface area contributed by atoms with Crippen LogP contribution in [0.2, 0.25) is 5.02 Å². The van der Waals surface area contributed by atoms with Gasteiger partial charge in [-0.2, -0.15) is 0 Å². The van der Waals surface area contributed by atoms with Gasteiger partial charge in [-0.15, -0.1) is 0 Å². The molecule has 0 unspecified atom stereocenters. The third-order valence-corrected chi connectivity index (χ3v) is 26.6. The number of aromatic hydroxyl groups is 1. The van der Waals surface area contributed by atoms with Crippen LogP contribution in [0, 0.1) is 5.92 Å². The summed E-state index contributed by atoms with van der Waals surface area (Å²) in [7, 11) is 10.1. The number of unbranched alkanes of at least 4 members (excludes halogenated alkanes) is 1. The number of carbonyl (C=O) groups is 12. The molecule has 4 bridgehead atoms. The van der Waals surface area contributed by atoms with Crippen molar-refractivity contribution in [3.8, 4) is 11.5 Å². The fourth-order valence-electron chi connectivity index (χ4n) is 15.8. The smallest absolute Gasteiger partial charge is 0.409 e. The molecule has 0 saturated carbocycles. The first kappa shape index (κ1) is 105. The molecule has 1 aromatic heterocycles. The lowest BCUT2D eigenvalue weighted by atomic mass is 9.83. The SMILES string of the molecule is COc1cc2cc(c1Cl)N(C)C(=O)C[C@H](OC(=O)[C@H](C)N(C)C(=O)CCSSCCC(=O)NCCCOCCOCCOCCCNC(=O)CC[C@H]1C(=O)N[C@@H](Cc3ccc(O)cc3)C(=O)N[C@H](Cc3c[nH]c4ccccc34)C(=O)N[C@@H](CCCCN)C(=O)N[C@@H]([C@@H](C)O)C(=O)N[C@@H](Cc3ccccc3)C(=O)N1C)[C@]1(C)O[C@H]1[C@H](C)[C@@H]1C[C@@](O)(NC(=O)O1)[C@H](OC)/C=C/C=C(\C)C2. The molecule has 5 heterocycles. The van der Waals surface area contributed by atoms with Gasteiger partial charge in [0.2, 0.25) is 59.1 Å². The van der Waals surface area contributed by atoms with Crippen molar-refractivity contribution in [2.45, 2.75) is 215 Å². The molecule has 4 aliphatic rings. The van der Waals surface area contributed by atoms with Gasteiger partial charge in [0, 0.05) is 134 Å². The van der Waals surface area contributed by atoms with Crippen LogP contribution in [-0.4, -0.2) is 292 Å². The number of nitrogens with zero attached hydrogens (tertiary/aromatic N) is 3. The summed E-state index contributed by atoms with van der Waals surface area (Å²) in [6, 6.07) is 15.5. The van der Waals surface area contributed by atoms with E-state index in [1.165, 1.54) is 85.7 Å². The number of rotatable bonds is 40. The monoisotopic (exact) mass is 1890 g/mol. The molecule has 3 fully saturated rings. The van der Waals surface area contributed by atoms with Crippen molar-refractivity contribution in [2.75, 3.05) is 111 Å². The second-order valence-corrected chi connectivity index (χ2v) is 36.8. The highest BCUT2D eigenvalue weighted by Gasteiger charge is 2.65. The average molecular weight is 1900 g/mol. The summed E-state index contributed by atoms with van der Waals surface area (Å²) in [6.07, 6.45) is 1.50. The van der Waals surface area contributed by atoms with Crippen molar-refractivity contribution in [1.29, 1.82) is 0 Å². The zero-order valence-corrected chi connectivity index (χ0v) is 78.9. The van der Waals surface area contributed by atoms with Gasteiger partial charge in [0.15, 0.2) is 5.72 Å². The number of fused-ring (bicyclic) bond motifs is 6. The molecule has 5 aromatic rings. The molecule has 36 nitrogen and oxygen atoms in total. The summed E-state index contributed by atoms with van der Waals surface area (Å²) >= 11 is 6.86. The standard InChI is InChI=1S/C93H128ClN13O23S2/c1-56-21-18-27-75(124-10)93(122)54-74(128-91(121)104-93)57(2)83-92(5,130-83)76(53-80(113)106(7)72-50-62(47-56)51-73(123-9)81(72)94)129-90(120)58(3)105(6)79(112)35-46-132-131-45-34-78(111)97-38-20-40-126-42-44-127-43-41-125-39-19-37-96-77(110)33-32-71-87(117)101-68(48-61-28-30-64(109)31-29-61)85(115)100-69(52-63-55-98-66-25-15-14-24-65(63)66)86(116)99-67(26-16-17-36-95)84(114)103-82(59(4)108)88(118)102-70(89(119)107(71)8)49-60-22-12-11-13-23-60/h11-15,18,21-25,27-31,50-51,55,57-59,67-71,74-76,82-83,98,108-109,122H,16-17,19-20,26,32-49,52-54,95H2,1-10H3,(H,96,110)(H,97,111)(H,99,116)(H,100,115)(H,101,117)(H,102,118)(H,103,114)(H,104,121)/b27-18+,56-21+/t57-,58+,59-,67+,68+,69-,70+,71+,74+,75-,76+,82+,83+,92+,93+/m1/s1. The molecule has 132 heavy (non-hydrogen) atoms. The normalized spacial score (nSPS) is 24.8. The number of methoxy groups -OCH3 is 2. The van der Waals surface area contributed by atoms with Crippen LogP contribution >= 0.6 is 33.2 Å². The number of hydrogen-bond acceptors (Lipinski definition) is 26. The fraction of sp³-hybridized carbons (Fsp3) is 0.548. The van der Waals surface area contributed by atoms with Crippen LogP contribution in [0.3, 0.4) is 0 Å². The molecule has 39 heteroatoms. The first-order valence-electron chi connectivity index (χ1n) is 44.5. The highest BCUT2D eigenvalue weighted by molar-refractivity contribution is 8.76. The molecule has 9 rings (SSSR count). The molecular formula is C93H128ClN13O23S2. The van der Waals surface area contributed by atoms with Gasteiger partial charge >= 0.3 is 12.1 Å². The van der Waals surface area contributed by atoms with Gasteiger partial charge in [-0.05, 0) is 132 Å². The van der Waals surface area contributed by atoms with E-state index in [9.17, 15) is 58.5 Å². The highest BCUT2D eigenvalue weighted by atomic mass is 35.5. The van der Waals surface area contributed by atoms with Crippen molar-refractivity contribution in [3.63, 3.8) is 0 Å². The Hall–Kier alpha value is -10.4. The van der Waals surface area contributed by atoms with Crippen molar-refractivity contribution < 1.29 is 111 Å². The maximum absolute atomic E-state index is 15.1. The number of anilines is 1. The molecule has 3 saturated heterocycles. The molecule has 0 radical (unpaired) electrons. The Bertz CT molecular complexity index is 4800.